The zero-order valence-electron chi connectivity index (χ0n) is 7.33. The van der Waals surface area contributed by atoms with E-state index in [9.17, 15) is 0 Å². The van der Waals surface area contributed by atoms with Crippen molar-refractivity contribution < 1.29 is 0 Å². The molecule has 3 nitrogen and oxygen atoms in total. The summed E-state index contributed by atoms with van der Waals surface area (Å²) in [5.41, 5.74) is 7.50. The third kappa shape index (κ3) is 1.37. The highest BCUT2D eigenvalue weighted by Gasteiger charge is 2.07. The van der Waals surface area contributed by atoms with Gasteiger partial charge < -0.3 is 5.73 Å². The van der Waals surface area contributed by atoms with Gasteiger partial charge in [0.25, 0.3) is 0 Å². The lowest BCUT2D eigenvalue weighted by Gasteiger charge is -2.10. The Labute approximate surface area is 67.2 Å². The van der Waals surface area contributed by atoms with Crippen molar-refractivity contribution >= 4 is 5.69 Å². The minimum Gasteiger partial charge on any atom is -0.396 e. The van der Waals surface area contributed by atoms with Crippen LogP contribution in [0.5, 0.6) is 0 Å². The van der Waals surface area contributed by atoms with Gasteiger partial charge in [0.05, 0.1) is 17.6 Å². The molecule has 0 spiro atoms. The van der Waals surface area contributed by atoms with Crippen molar-refractivity contribution in [2.24, 2.45) is 0 Å². The molecule has 0 bridgehead atoms. The fraction of sp³-hybridized carbons (Fsp3) is 0.625. The van der Waals surface area contributed by atoms with Gasteiger partial charge in [0.1, 0.15) is 0 Å². The van der Waals surface area contributed by atoms with Gasteiger partial charge in [-0.05, 0) is 20.3 Å². The molecule has 1 aromatic heterocycles. The maximum absolute atomic E-state index is 5.65. The molecule has 11 heavy (non-hydrogen) atoms. The second-order valence-electron chi connectivity index (χ2n) is 2.89. The molecule has 0 saturated heterocycles. The van der Waals surface area contributed by atoms with Gasteiger partial charge >= 0.3 is 0 Å². The Balaban J connectivity index is 2.94. The summed E-state index contributed by atoms with van der Waals surface area (Å²) in [6.45, 7) is 6.27. The van der Waals surface area contributed by atoms with Crippen molar-refractivity contribution in [3.63, 3.8) is 0 Å². The maximum atomic E-state index is 5.65. The zero-order valence-corrected chi connectivity index (χ0v) is 7.33. The molecular weight excluding hydrogens is 138 g/mol. The maximum Gasteiger partial charge on any atom is 0.0730 e. The molecule has 0 aliphatic carbocycles. The van der Waals surface area contributed by atoms with Gasteiger partial charge in [-0.25, -0.2) is 0 Å². The number of nitrogens with two attached hydrogens (primary N) is 1. The van der Waals surface area contributed by atoms with Crippen LogP contribution in [0.15, 0.2) is 6.20 Å². The average Bonchev–Trinajstić information content (AvgIpc) is 2.32. The number of rotatable bonds is 2. The Morgan fingerprint density at radius 3 is 2.73 bits per heavy atom. The van der Waals surface area contributed by atoms with Crippen LogP contribution in [0.4, 0.5) is 5.69 Å². The van der Waals surface area contributed by atoms with Crippen LogP contribution >= 0.6 is 0 Å². The first-order valence-corrected chi connectivity index (χ1v) is 3.96. The van der Waals surface area contributed by atoms with E-state index in [1.165, 1.54) is 0 Å². The van der Waals surface area contributed by atoms with Gasteiger partial charge in [-0.1, -0.05) is 6.92 Å². The third-order valence-corrected chi connectivity index (χ3v) is 2.09. The van der Waals surface area contributed by atoms with Crippen LogP contribution in [0, 0.1) is 6.92 Å². The number of anilines is 1. The summed E-state index contributed by atoms with van der Waals surface area (Å²) >= 11 is 0. The smallest absolute Gasteiger partial charge is 0.0730 e. The fourth-order valence-corrected chi connectivity index (χ4v) is 1.05. The van der Waals surface area contributed by atoms with Crippen molar-refractivity contribution in [2.75, 3.05) is 5.73 Å². The molecule has 3 heteroatoms. The zero-order chi connectivity index (χ0) is 8.43. The average molecular weight is 153 g/mol. The third-order valence-electron chi connectivity index (χ3n) is 2.09. The van der Waals surface area contributed by atoms with Crippen LogP contribution < -0.4 is 5.73 Å². The number of nitrogens with zero attached hydrogens (tertiary/aromatic N) is 2. The summed E-state index contributed by atoms with van der Waals surface area (Å²) in [4.78, 5) is 0. The van der Waals surface area contributed by atoms with Crippen molar-refractivity contribution in [2.45, 2.75) is 33.2 Å². The Hall–Kier alpha value is -0.990. The van der Waals surface area contributed by atoms with Crippen LogP contribution in [0.25, 0.3) is 0 Å². The van der Waals surface area contributed by atoms with Crippen molar-refractivity contribution in [3.05, 3.63) is 11.9 Å². The summed E-state index contributed by atoms with van der Waals surface area (Å²) in [5.74, 6) is 0. The van der Waals surface area contributed by atoms with Gasteiger partial charge in [0, 0.05) is 6.04 Å². The molecule has 0 saturated carbocycles. The lowest BCUT2D eigenvalue weighted by molar-refractivity contribution is 0.468. The van der Waals surface area contributed by atoms with Gasteiger partial charge in [0.2, 0.25) is 0 Å². The topological polar surface area (TPSA) is 43.8 Å². The minimum atomic E-state index is 0.451. The van der Waals surface area contributed by atoms with E-state index >= 15 is 0 Å². The molecule has 0 radical (unpaired) electrons. The predicted molar refractivity (Wildman–Crippen MR) is 46.4 cm³/mol. The van der Waals surface area contributed by atoms with Gasteiger partial charge in [-0.2, -0.15) is 5.10 Å². The monoisotopic (exact) mass is 153 g/mol. The highest BCUT2D eigenvalue weighted by Crippen LogP contribution is 2.16. The number of hydrogen-bond acceptors (Lipinski definition) is 2. The minimum absolute atomic E-state index is 0.451. The molecule has 0 aliphatic rings. The standard InChI is InChI=1S/C8H15N3/c1-4-6(2)11-7(3)8(9)5-10-11/h5-6H,4,9H2,1-3H3. The van der Waals surface area contributed by atoms with E-state index in [1.54, 1.807) is 6.20 Å². The highest BCUT2D eigenvalue weighted by atomic mass is 15.3. The second kappa shape index (κ2) is 2.95. The van der Waals surface area contributed by atoms with Crippen molar-refractivity contribution in [1.29, 1.82) is 0 Å². The number of hydrogen-bond donors (Lipinski definition) is 1. The van der Waals surface area contributed by atoms with E-state index in [2.05, 4.69) is 18.9 Å². The number of aromatic nitrogens is 2. The van der Waals surface area contributed by atoms with E-state index in [4.69, 9.17) is 5.73 Å². The SMILES string of the molecule is CCC(C)n1ncc(N)c1C. The summed E-state index contributed by atoms with van der Waals surface area (Å²) in [5, 5.41) is 4.18. The normalized spacial score (nSPS) is 13.4. The molecule has 1 atom stereocenters. The number of nitrogen functional groups attached to an aromatic ring is 1. The molecule has 1 unspecified atom stereocenters. The van der Waals surface area contributed by atoms with Crippen molar-refractivity contribution in [3.8, 4) is 0 Å². The highest BCUT2D eigenvalue weighted by molar-refractivity contribution is 5.39. The van der Waals surface area contributed by atoms with Gasteiger partial charge in [-0.15, -0.1) is 0 Å². The Bertz CT molecular complexity index is 239. The second-order valence-corrected chi connectivity index (χ2v) is 2.89. The van der Waals surface area contributed by atoms with Crippen LogP contribution in [-0.4, -0.2) is 9.78 Å². The summed E-state index contributed by atoms with van der Waals surface area (Å²) in [6, 6.07) is 0.451. The van der Waals surface area contributed by atoms with Crippen molar-refractivity contribution in [1.82, 2.24) is 9.78 Å². The molecule has 62 valence electrons. The molecule has 0 aromatic carbocycles. The summed E-state index contributed by atoms with van der Waals surface area (Å²) in [6.07, 6.45) is 2.80. The lowest BCUT2D eigenvalue weighted by Crippen LogP contribution is -2.07. The first kappa shape index (κ1) is 8.11. The van der Waals surface area contributed by atoms with E-state index in [0.717, 1.165) is 17.8 Å². The van der Waals surface area contributed by atoms with E-state index in [1.807, 2.05) is 11.6 Å². The Kier molecular flexibility index (Phi) is 2.17. The molecule has 1 aromatic rings. The van der Waals surface area contributed by atoms with Crippen LogP contribution in [-0.2, 0) is 0 Å². The first-order valence-electron chi connectivity index (χ1n) is 3.96. The molecule has 2 N–H and O–H groups in total. The Morgan fingerprint density at radius 2 is 2.36 bits per heavy atom. The molecule has 1 heterocycles. The molecule has 0 aliphatic heterocycles. The fourth-order valence-electron chi connectivity index (χ4n) is 1.05. The molecule has 1 rings (SSSR count). The van der Waals surface area contributed by atoms with Gasteiger partial charge in [0.15, 0.2) is 0 Å². The van der Waals surface area contributed by atoms with E-state index < -0.39 is 0 Å². The van der Waals surface area contributed by atoms with Gasteiger partial charge in [-0.3, -0.25) is 4.68 Å². The van der Waals surface area contributed by atoms with Crippen LogP contribution in [0.3, 0.4) is 0 Å². The predicted octanol–water partition coefficient (Wildman–Crippen LogP) is 1.74. The lowest BCUT2D eigenvalue weighted by atomic mass is 10.2. The molecular formula is C8H15N3. The van der Waals surface area contributed by atoms with Crippen LogP contribution in [0.1, 0.15) is 32.0 Å². The Morgan fingerprint density at radius 1 is 1.73 bits per heavy atom. The summed E-state index contributed by atoms with van der Waals surface area (Å²) in [7, 11) is 0. The van der Waals surface area contributed by atoms with E-state index in [-0.39, 0.29) is 0 Å². The largest absolute Gasteiger partial charge is 0.396 e. The van der Waals surface area contributed by atoms with E-state index in [0.29, 0.717) is 6.04 Å². The first-order chi connectivity index (χ1) is 5.16. The molecule has 0 amide bonds. The molecule has 0 fully saturated rings. The quantitative estimate of drug-likeness (QED) is 0.703. The summed E-state index contributed by atoms with van der Waals surface area (Å²) < 4.78 is 1.97. The van der Waals surface area contributed by atoms with Crippen LogP contribution in [0.2, 0.25) is 0 Å².